The zero-order valence-corrected chi connectivity index (χ0v) is 31.0. The molecule has 0 saturated carbocycles. The van der Waals surface area contributed by atoms with Gasteiger partial charge in [0.25, 0.3) is 0 Å². The third-order valence-electron chi connectivity index (χ3n) is 11.2. The second-order valence-corrected chi connectivity index (χ2v) is 14.7. The predicted molar refractivity (Wildman–Crippen MR) is 235 cm³/mol. The van der Waals surface area contributed by atoms with Crippen LogP contribution in [-0.2, 0) is 0 Å². The number of rotatable bonds is 6. The van der Waals surface area contributed by atoms with Crippen molar-refractivity contribution in [3.63, 3.8) is 0 Å². The van der Waals surface area contributed by atoms with Gasteiger partial charge in [-0.1, -0.05) is 84.9 Å². The fourth-order valence-electron chi connectivity index (χ4n) is 8.44. The van der Waals surface area contributed by atoms with E-state index in [1.807, 2.05) is 0 Å². The minimum atomic E-state index is 0.773. The molecule has 2 heterocycles. The summed E-state index contributed by atoms with van der Waals surface area (Å²) < 4.78 is 13.5. The number of aryl methyl sites for hydroxylation is 2. The van der Waals surface area contributed by atoms with E-state index in [9.17, 15) is 0 Å². The molecule has 0 aliphatic carbocycles. The summed E-state index contributed by atoms with van der Waals surface area (Å²) in [6, 6.07) is 64.7. The van der Waals surface area contributed by atoms with Crippen LogP contribution in [0, 0.1) is 13.8 Å². The molecule has 0 atom stereocenters. The van der Waals surface area contributed by atoms with E-state index in [4.69, 9.17) is 8.83 Å². The maximum atomic E-state index is 6.74. The molecule has 4 nitrogen and oxygen atoms in total. The Morgan fingerprint density at radius 1 is 0.321 bits per heavy atom. The van der Waals surface area contributed by atoms with Gasteiger partial charge in [-0.3, -0.25) is 0 Å². The number of fused-ring (bicyclic) bond motifs is 9. The highest BCUT2D eigenvalue weighted by molar-refractivity contribution is 6.21. The Kier molecular flexibility index (Phi) is 7.26. The first kappa shape index (κ1) is 32.2. The molecule has 4 heteroatoms. The van der Waals surface area contributed by atoms with E-state index < -0.39 is 0 Å². The largest absolute Gasteiger partial charge is 0.452 e. The Morgan fingerprint density at radius 2 is 0.732 bits per heavy atom. The van der Waals surface area contributed by atoms with E-state index in [-0.39, 0.29) is 0 Å². The van der Waals surface area contributed by atoms with Crippen LogP contribution in [0.15, 0.2) is 191 Å². The fourth-order valence-corrected chi connectivity index (χ4v) is 8.44. The zero-order chi connectivity index (χ0) is 37.3. The molecule has 0 N–H and O–H groups in total. The summed E-state index contributed by atoms with van der Waals surface area (Å²) in [5.41, 5.74) is 12.4. The SMILES string of the molecule is Cc1ccccc1N(c1ccccc1)c1ccc2cc3c(cc2c1)oc1c3ccc2c3cc4ccc(N(c5ccccc5)c5ccccc5C)cc4cc3oc21. The first-order chi connectivity index (χ1) is 27.6. The maximum Gasteiger partial charge on any atom is 0.178 e. The van der Waals surface area contributed by atoms with Gasteiger partial charge in [0.15, 0.2) is 11.2 Å². The van der Waals surface area contributed by atoms with Gasteiger partial charge in [0.1, 0.15) is 11.2 Å². The molecule has 0 fully saturated rings. The van der Waals surface area contributed by atoms with Gasteiger partial charge in [0.2, 0.25) is 0 Å². The molecular formula is C52H36N2O2. The zero-order valence-electron chi connectivity index (χ0n) is 31.0. The van der Waals surface area contributed by atoms with E-state index in [1.165, 1.54) is 11.1 Å². The van der Waals surface area contributed by atoms with Crippen LogP contribution in [0.25, 0.3) is 65.4 Å². The molecule has 0 spiro atoms. The minimum Gasteiger partial charge on any atom is -0.452 e. The van der Waals surface area contributed by atoms with Crippen molar-refractivity contribution in [1.29, 1.82) is 0 Å². The lowest BCUT2D eigenvalue weighted by Crippen LogP contribution is -2.11. The molecule has 0 radical (unpaired) electrons. The van der Waals surface area contributed by atoms with Crippen LogP contribution in [0.5, 0.6) is 0 Å². The highest BCUT2D eigenvalue weighted by Crippen LogP contribution is 2.44. The Morgan fingerprint density at radius 3 is 1.16 bits per heavy atom. The second-order valence-electron chi connectivity index (χ2n) is 14.7. The molecule has 0 unspecified atom stereocenters. The van der Waals surface area contributed by atoms with Crippen LogP contribution in [0.3, 0.4) is 0 Å². The Hall–Kier alpha value is -7.30. The summed E-state index contributed by atoms with van der Waals surface area (Å²) in [4.78, 5) is 4.65. The molecular weight excluding hydrogens is 685 g/mol. The van der Waals surface area contributed by atoms with Gasteiger partial charge < -0.3 is 18.6 Å². The fraction of sp³-hybridized carbons (Fsp3) is 0.0385. The Labute approximate surface area is 324 Å². The van der Waals surface area contributed by atoms with Crippen molar-refractivity contribution in [3.05, 3.63) is 193 Å². The van der Waals surface area contributed by atoms with Crippen molar-refractivity contribution in [2.24, 2.45) is 0 Å². The van der Waals surface area contributed by atoms with Gasteiger partial charge in [-0.05, 0) is 144 Å². The highest BCUT2D eigenvalue weighted by Gasteiger charge is 2.20. The molecule has 0 saturated heterocycles. The molecule has 56 heavy (non-hydrogen) atoms. The normalized spacial score (nSPS) is 11.8. The average molecular weight is 721 g/mol. The third-order valence-corrected chi connectivity index (χ3v) is 11.2. The van der Waals surface area contributed by atoms with E-state index in [1.54, 1.807) is 0 Å². The number of benzene rings is 9. The van der Waals surface area contributed by atoms with Gasteiger partial charge in [-0.15, -0.1) is 0 Å². The van der Waals surface area contributed by atoms with Crippen molar-refractivity contribution in [2.75, 3.05) is 9.80 Å². The van der Waals surface area contributed by atoms with Crippen LogP contribution < -0.4 is 9.80 Å². The van der Waals surface area contributed by atoms with Gasteiger partial charge >= 0.3 is 0 Å². The lowest BCUT2D eigenvalue weighted by atomic mass is 10.0. The molecule has 0 amide bonds. The van der Waals surface area contributed by atoms with Gasteiger partial charge in [0.05, 0.1) is 0 Å². The van der Waals surface area contributed by atoms with Crippen molar-refractivity contribution in [3.8, 4) is 0 Å². The number of anilines is 6. The topological polar surface area (TPSA) is 32.8 Å². The summed E-state index contributed by atoms with van der Waals surface area (Å²) in [5, 5.41) is 8.79. The van der Waals surface area contributed by atoms with Crippen LogP contribution in [0.2, 0.25) is 0 Å². The van der Waals surface area contributed by atoms with Crippen molar-refractivity contribution >= 4 is 99.5 Å². The van der Waals surface area contributed by atoms with Crippen molar-refractivity contribution in [2.45, 2.75) is 13.8 Å². The number of furan rings is 2. The summed E-state index contributed by atoms with van der Waals surface area (Å²) in [7, 11) is 0. The van der Waals surface area contributed by atoms with Crippen LogP contribution in [0.1, 0.15) is 11.1 Å². The quantitative estimate of drug-likeness (QED) is 0.171. The number of nitrogens with zero attached hydrogens (tertiary/aromatic N) is 2. The molecule has 0 aliphatic rings. The Bertz CT molecular complexity index is 3070. The van der Waals surface area contributed by atoms with Gasteiger partial charge in [-0.2, -0.15) is 0 Å². The summed E-state index contributed by atoms with van der Waals surface area (Å²) in [6.07, 6.45) is 0. The molecule has 9 aromatic carbocycles. The standard InChI is InChI=1S/C52H36N2O2/c1-33-13-9-11-19-47(33)53(39-15-5-3-6-16-39)41-23-21-35-29-45-43-25-26-44-46-30-36-22-24-42(54(40-17-7-4-8-18-40)48-20-12-10-14-34(48)2)28-38(36)32-50(46)56-52(44)51(43)55-49(45)31-37(35)27-41/h3-32H,1-2H3. The summed E-state index contributed by atoms with van der Waals surface area (Å²) >= 11 is 0. The lowest BCUT2D eigenvalue weighted by molar-refractivity contribution is 0.634. The Balaban J connectivity index is 1.04. The molecule has 2 aromatic heterocycles. The number of para-hydroxylation sites is 4. The van der Waals surface area contributed by atoms with Crippen molar-refractivity contribution in [1.82, 2.24) is 0 Å². The van der Waals surface area contributed by atoms with Crippen LogP contribution in [0.4, 0.5) is 34.1 Å². The van der Waals surface area contributed by atoms with E-state index in [0.29, 0.717) is 0 Å². The minimum absolute atomic E-state index is 0.773. The van der Waals surface area contributed by atoms with E-state index >= 15 is 0 Å². The van der Waals surface area contributed by atoms with Crippen LogP contribution in [-0.4, -0.2) is 0 Å². The first-order valence-electron chi connectivity index (χ1n) is 19.1. The van der Waals surface area contributed by atoms with Crippen molar-refractivity contribution < 1.29 is 8.83 Å². The third kappa shape index (κ3) is 5.14. The summed E-state index contributed by atoms with van der Waals surface area (Å²) in [6.45, 7) is 4.32. The molecule has 266 valence electrons. The second kappa shape index (κ2) is 12.6. The van der Waals surface area contributed by atoms with Crippen LogP contribution >= 0.6 is 0 Å². The van der Waals surface area contributed by atoms with Gasteiger partial charge in [0, 0.05) is 55.7 Å². The number of hydrogen-bond acceptors (Lipinski definition) is 4. The average Bonchev–Trinajstić information content (AvgIpc) is 3.79. The molecule has 0 bridgehead atoms. The number of hydrogen-bond donors (Lipinski definition) is 0. The first-order valence-corrected chi connectivity index (χ1v) is 19.1. The molecule has 0 aliphatic heterocycles. The maximum absolute atomic E-state index is 6.74. The van der Waals surface area contributed by atoms with Gasteiger partial charge in [-0.25, -0.2) is 0 Å². The molecule has 11 aromatic rings. The predicted octanol–water partition coefficient (Wildman–Crippen LogP) is 15.3. The monoisotopic (exact) mass is 720 g/mol. The lowest BCUT2D eigenvalue weighted by Gasteiger charge is -2.27. The smallest absolute Gasteiger partial charge is 0.178 e. The molecule has 11 rings (SSSR count). The highest BCUT2D eigenvalue weighted by atomic mass is 16.4. The summed E-state index contributed by atoms with van der Waals surface area (Å²) in [5.74, 6) is 0. The van der Waals surface area contributed by atoms with E-state index in [0.717, 1.165) is 99.5 Å². The van der Waals surface area contributed by atoms with E-state index in [2.05, 4.69) is 206 Å².